The fraction of sp³-hybridized carbons (Fsp3) is 0.231. The molecule has 0 spiro atoms. The van der Waals surface area contributed by atoms with Gasteiger partial charge in [-0.1, -0.05) is 15.9 Å². The Morgan fingerprint density at radius 3 is 2.42 bits per heavy atom. The highest BCUT2D eigenvalue weighted by Crippen LogP contribution is 2.35. The summed E-state index contributed by atoms with van der Waals surface area (Å²) in [7, 11) is 0. The Labute approximate surface area is 116 Å². The number of halogens is 4. The molecule has 0 amide bonds. The number of hydrogen-bond acceptors (Lipinski definition) is 2. The van der Waals surface area contributed by atoms with E-state index in [1.54, 1.807) is 19.1 Å². The first-order valence-corrected chi connectivity index (χ1v) is 6.27. The van der Waals surface area contributed by atoms with Crippen molar-refractivity contribution in [2.45, 2.75) is 19.1 Å². The summed E-state index contributed by atoms with van der Waals surface area (Å²) < 4.78 is 43.9. The van der Waals surface area contributed by atoms with Gasteiger partial charge in [0.05, 0.1) is 11.6 Å². The van der Waals surface area contributed by atoms with Gasteiger partial charge >= 0.3 is 6.18 Å². The molecule has 0 fully saturated rings. The zero-order valence-electron chi connectivity index (χ0n) is 9.96. The maximum Gasteiger partial charge on any atom is 0.416 e. The number of benzene rings is 1. The molecule has 19 heavy (non-hydrogen) atoms. The van der Waals surface area contributed by atoms with Crippen LogP contribution in [0.1, 0.15) is 28.7 Å². The second-order valence-electron chi connectivity index (χ2n) is 4.16. The van der Waals surface area contributed by atoms with Gasteiger partial charge in [0.1, 0.15) is 11.5 Å². The molecule has 0 aliphatic carbocycles. The second-order valence-corrected chi connectivity index (χ2v) is 5.01. The zero-order chi connectivity index (χ0) is 14.2. The van der Waals surface area contributed by atoms with Gasteiger partial charge in [-0.05, 0) is 42.8 Å². The van der Waals surface area contributed by atoms with E-state index in [0.29, 0.717) is 21.6 Å². The van der Waals surface area contributed by atoms with Crippen LogP contribution in [0.2, 0.25) is 0 Å². The van der Waals surface area contributed by atoms with Gasteiger partial charge in [-0.15, -0.1) is 0 Å². The van der Waals surface area contributed by atoms with Crippen LogP contribution in [0.3, 0.4) is 0 Å². The predicted octanol–water partition coefficient (Wildman–Crippen LogP) is 4.42. The van der Waals surface area contributed by atoms with E-state index in [4.69, 9.17) is 10.2 Å². The number of hydrogen-bond donors (Lipinski definition) is 1. The highest BCUT2D eigenvalue weighted by atomic mass is 79.9. The minimum absolute atomic E-state index is 0.337. The average molecular weight is 334 g/mol. The molecule has 0 aliphatic rings. The van der Waals surface area contributed by atoms with E-state index in [1.807, 2.05) is 0 Å². The van der Waals surface area contributed by atoms with Gasteiger partial charge in [-0.2, -0.15) is 13.2 Å². The first-order chi connectivity index (χ1) is 8.79. The van der Waals surface area contributed by atoms with Crippen LogP contribution in [-0.2, 0) is 6.18 Å². The van der Waals surface area contributed by atoms with Gasteiger partial charge in [0, 0.05) is 4.47 Å². The lowest BCUT2D eigenvalue weighted by atomic mass is 10.0. The lowest BCUT2D eigenvalue weighted by Gasteiger charge is -2.14. The number of rotatable bonds is 2. The largest absolute Gasteiger partial charge is 0.464 e. The van der Waals surface area contributed by atoms with Crippen LogP contribution in [0.15, 0.2) is 39.2 Å². The molecule has 0 radical (unpaired) electrons. The highest BCUT2D eigenvalue weighted by Gasteiger charge is 2.31. The molecule has 0 saturated heterocycles. The van der Waals surface area contributed by atoms with Gasteiger partial charge in [-0.25, -0.2) is 0 Å². The average Bonchev–Trinajstić information content (AvgIpc) is 2.74. The predicted molar refractivity (Wildman–Crippen MR) is 68.6 cm³/mol. The number of furan rings is 1. The molecule has 2 nitrogen and oxygen atoms in total. The molecule has 0 aliphatic heterocycles. The summed E-state index contributed by atoms with van der Waals surface area (Å²) in [6.07, 6.45) is -4.39. The summed E-state index contributed by atoms with van der Waals surface area (Å²) >= 11 is 3.21. The Morgan fingerprint density at radius 2 is 1.89 bits per heavy atom. The summed E-state index contributed by atoms with van der Waals surface area (Å²) in [6.45, 7) is 1.75. The van der Waals surface area contributed by atoms with Crippen LogP contribution >= 0.6 is 15.9 Å². The van der Waals surface area contributed by atoms with Crippen molar-refractivity contribution < 1.29 is 17.6 Å². The van der Waals surface area contributed by atoms with E-state index in [-0.39, 0.29) is 0 Å². The molecule has 0 saturated carbocycles. The van der Waals surface area contributed by atoms with Gasteiger partial charge in [0.2, 0.25) is 0 Å². The van der Waals surface area contributed by atoms with E-state index >= 15 is 0 Å². The molecule has 1 aromatic heterocycles. The molecule has 1 unspecified atom stereocenters. The third-order valence-corrected chi connectivity index (χ3v) is 3.45. The van der Waals surface area contributed by atoms with Crippen LogP contribution < -0.4 is 5.73 Å². The van der Waals surface area contributed by atoms with Crippen LogP contribution in [0.5, 0.6) is 0 Å². The summed E-state index contributed by atoms with van der Waals surface area (Å²) in [6, 6.07) is 6.02. The zero-order valence-corrected chi connectivity index (χ0v) is 11.5. The first-order valence-electron chi connectivity index (χ1n) is 5.47. The molecule has 2 rings (SSSR count). The van der Waals surface area contributed by atoms with Crippen LogP contribution in [-0.4, -0.2) is 0 Å². The van der Waals surface area contributed by atoms with Gasteiger partial charge in [0.25, 0.3) is 0 Å². The van der Waals surface area contributed by atoms with Gasteiger partial charge in [0.15, 0.2) is 0 Å². The quantitative estimate of drug-likeness (QED) is 0.883. The molecule has 102 valence electrons. The van der Waals surface area contributed by atoms with E-state index in [1.165, 1.54) is 6.07 Å². The van der Waals surface area contributed by atoms with Crippen molar-refractivity contribution in [2.24, 2.45) is 5.73 Å². The smallest absolute Gasteiger partial charge is 0.416 e. The summed E-state index contributed by atoms with van der Waals surface area (Å²) in [5.74, 6) is 1.09. The minimum atomic E-state index is -4.39. The second kappa shape index (κ2) is 5.02. The fourth-order valence-electron chi connectivity index (χ4n) is 1.73. The molecule has 2 aromatic rings. The van der Waals surface area contributed by atoms with E-state index in [0.717, 1.165) is 12.1 Å². The van der Waals surface area contributed by atoms with Crippen LogP contribution in [0.25, 0.3) is 0 Å². The van der Waals surface area contributed by atoms with Crippen molar-refractivity contribution in [2.75, 3.05) is 0 Å². The lowest BCUT2D eigenvalue weighted by Crippen LogP contribution is -2.14. The molecular weight excluding hydrogens is 323 g/mol. The Hall–Kier alpha value is -1.27. The van der Waals surface area contributed by atoms with Crippen molar-refractivity contribution in [3.05, 3.63) is 57.5 Å². The van der Waals surface area contributed by atoms with Crippen LogP contribution in [0, 0.1) is 6.92 Å². The minimum Gasteiger partial charge on any atom is -0.464 e. The number of aryl methyl sites for hydroxylation is 1. The van der Waals surface area contributed by atoms with Crippen molar-refractivity contribution >= 4 is 15.9 Å². The highest BCUT2D eigenvalue weighted by molar-refractivity contribution is 9.10. The third kappa shape index (κ3) is 3.01. The van der Waals surface area contributed by atoms with E-state index in [2.05, 4.69) is 15.9 Å². The third-order valence-electron chi connectivity index (χ3n) is 2.73. The van der Waals surface area contributed by atoms with E-state index in [9.17, 15) is 13.2 Å². The van der Waals surface area contributed by atoms with Gasteiger partial charge in [-0.3, -0.25) is 0 Å². The summed E-state index contributed by atoms with van der Waals surface area (Å²) in [4.78, 5) is 0. The van der Waals surface area contributed by atoms with Crippen molar-refractivity contribution in [1.82, 2.24) is 0 Å². The summed E-state index contributed by atoms with van der Waals surface area (Å²) in [5, 5.41) is 0. The van der Waals surface area contributed by atoms with Crippen molar-refractivity contribution in [3.8, 4) is 0 Å². The van der Waals surface area contributed by atoms with Crippen molar-refractivity contribution in [3.63, 3.8) is 0 Å². The van der Waals surface area contributed by atoms with E-state index < -0.39 is 17.8 Å². The standard InChI is InChI=1S/C13H11BrF3NO/c1-7-2-5-11(19-7)12(18)9-6-8(13(15,16)17)3-4-10(9)14/h2-6,12H,18H2,1H3. The summed E-state index contributed by atoms with van der Waals surface area (Å²) in [5.41, 5.74) is 5.56. The molecule has 2 N–H and O–H groups in total. The Bertz CT molecular complexity index is 592. The fourth-order valence-corrected chi connectivity index (χ4v) is 2.23. The maximum atomic E-state index is 12.7. The molecule has 6 heteroatoms. The Kier molecular flexibility index (Phi) is 3.73. The van der Waals surface area contributed by atoms with Crippen LogP contribution in [0.4, 0.5) is 13.2 Å². The molecule has 1 atom stereocenters. The topological polar surface area (TPSA) is 39.2 Å². The maximum absolute atomic E-state index is 12.7. The first kappa shape index (κ1) is 14.1. The number of nitrogens with two attached hydrogens (primary N) is 1. The Morgan fingerprint density at radius 1 is 1.21 bits per heavy atom. The Balaban J connectivity index is 2.44. The SMILES string of the molecule is Cc1ccc(C(N)c2cc(C(F)(F)F)ccc2Br)o1. The molecule has 1 heterocycles. The lowest BCUT2D eigenvalue weighted by molar-refractivity contribution is -0.137. The molecule has 0 bridgehead atoms. The number of alkyl halides is 3. The monoisotopic (exact) mass is 333 g/mol. The molecule has 1 aromatic carbocycles. The molecular formula is C13H11BrF3NO. The normalized spacial score (nSPS) is 13.6. The van der Waals surface area contributed by atoms with Gasteiger partial charge < -0.3 is 10.2 Å². The van der Waals surface area contributed by atoms with Crippen molar-refractivity contribution in [1.29, 1.82) is 0 Å².